The Morgan fingerprint density at radius 1 is 1.17 bits per heavy atom. The summed E-state index contributed by atoms with van der Waals surface area (Å²) in [5.74, 6) is 0.305. The average molecular weight is 450 g/mol. The number of nitrogens with one attached hydrogen (secondary N) is 1. The topological polar surface area (TPSA) is 53.4 Å². The Hall–Kier alpha value is -1.60. The highest BCUT2D eigenvalue weighted by Gasteiger charge is 2.33. The van der Waals surface area contributed by atoms with E-state index in [1.165, 1.54) is 0 Å². The second-order valence-electron chi connectivity index (χ2n) is 8.11. The van der Waals surface area contributed by atoms with E-state index >= 15 is 0 Å². The molecule has 2 fully saturated rings. The molecule has 1 N–H and O–H groups in total. The van der Waals surface area contributed by atoms with Crippen LogP contribution in [0.2, 0.25) is 10.0 Å². The molecule has 2 heterocycles. The molecule has 162 valence electrons. The van der Waals surface area contributed by atoms with E-state index in [1.807, 2.05) is 6.07 Å². The number of hydrogen-bond donors (Lipinski definition) is 1. The molecule has 2 aliphatic rings. The molecule has 0 atom stereocenters. The first-order chi connectivity index (χ1) is 14.6. The van der Waals surface area contributed by atoms with Crippen LogP contribution in [0.5, 0.6) is 0 Å². The zero-order valence-electron chi connectivity index (χ0n) is 17.4. The van der Waals surface area contributed by atoms with Gasteiger partial charge in [-0.1, -0.05) is 30.1 Å². The summed E-state index contributed by atoms with van der Waals surface area (Å²) in [4.78, 5) is 17.8. The quantitative estimate of drug-likeness (QED) is 0.622. The van der Waals surface area contributed by atoms with Crippen molar-refractivity contribution >= 4 is 29.1 Å². The van der Waals surface area contributed by atoms with E-state index in [9.17, 15) is 4.79 Å². The lowest BCUT2D eigenvalue weighted by Crippen LogP contribution is -2.46. The summed E-state index contributed by atoms with van der Waals surface area (Å²) in [6.07, 6.45) is 4.76. The van der Waals surface area contributed by atoms with Crippen LogP contribution in [0.1, 0.15) is 48.2 Å². The van der Waals surface area contributed by atoms with Gasteiger partial charge in [0, 0.05) is 43.7 Å². The van der Waals surface area contributed by atoms with E-state index in [2.05, 4.69) is 27.1 Å². The summed E-state index contributed by atoms with van der Waals surface area (Å²) in [6, 6.07) is 5.35. The SMILES string of the molecule is CCN1CCN(CCCNC(=O)c2cnn(-c3ccc(Cl)cc3Cl)c2C2CC2)CC1. The summed E-state index contributed by atoms with van der Waals surface area (Å²) in [7, 11) is 0. The van der Waals surface area contributed by atoms with Crippen LogP contribution in [0.15, 0.2) is 24.4 Å². The Kier molecular flexibility index (Phi) is 6.98. The first kappa shape index (κ1) is 21.6. The number of rotatable bonds is 8. The van der Waals surface area contributed by atoms with Crippen LogP contribution in [-0.2, 0) is 0 Å². The first-order valence-corrected chi connectivity index (χ1v) is 11.6. The normalized spacial score (nSPS) is 18.0. The number of piperazine rings is 1. The van der Waals surface area contributed by atoms with Crippen molar-refractivity contribution in [1.82, 2.24) is 24.9 Å². The molecule has 1 aliphatic carbocycles. The van der Waals surface area contributed by atoms with Gasteiger partial charge in [0.25, 0.3) is 5.91 Å². The minimum atomic E-state index is -0.0518. The molecule has 0 unspecified atom stereocenters. The Balaban J connectivity index is 1.36. The van der Waals surface area contributed by atoms with Gasteiger partial charge in [-0.25, -0.2) is 4.68 Å². The molecule has 8 heteroatoms. The second kappa shape index (κ2) is 9.69. The van der Waals surface area contributed by atoms with Crippen molar-refractivity contribution < 1.29 is 4.79 Å². The van der Waals surface area contributed by atoms with Crippen molar-refractivity contribution in [3.05, 3.63) is 45.7 Å². The van der Waals surface area contributed by atoms with Gasteiger partial charge in [-0.3, -0.25) is 4.79 Å². The van der Waals surface area contributed by atoms with Crippen LogP contribution in [0.25, 0.3) is 5.69 Å². The van der Waals surface area contributed by atoms with Crippen LogP contribution < -0.4 is 5.32 Å². The van der Waals surface area contributed by atoms with Crippen LogP contribution in [0.4, 0.5) is 0 Å². The number of carbonyl (C=O) groups is 1. The van der Waals surface area contributed by atoms with E-state index in [-0.39, 0.29) is 5.91 Å². The molecule has 2 aromatic rings. The average Bonchev–Trinajstić information content (AvgIpc) is 3.50. The van der Waals surface area contributed by atoms with Gasteiger partial charge >= 0.3 is 0 Å². The van der Waals surface area contributed by atoms with Crippen LogP contribution >= 0.6 is 23.2 Å². The molecule has 1 aromatic carbocycles. The zero-order chi connectivity index (χ0) is 21.1. The van der Waals surface area contributed by atoms with Gasteiger partial charge < -0.3 is 15.1 Å². The van der Waals surface area contributed by atoms with Gasteiger partial charge in [-0.15, -0.1) is 0 Å². The number of aromatic nitrogens is 2. The first-order valence-electron chi connectivity index (χ1n) is 10.8. The van der Waals surface area contributed by atoms with Crippen molar-refractivity contribution in [2.24, 2.45) is 0 Å². The maximum atomic E-state index is 12.9. The largest absolute Gasteiger partial charge is 0.352 e. The third-order valence-corrected chi connectivity index (χ3v) is 6.54. The summed E-state index contributed by atoms with van der Waals surface area (Å²) in [6.45, 7) is 9.54. The minimum absolute atomic E-state index is 0.0518. The number of carbonyl (C=O) groups excluding carboxylic acids is 1. The van der Waals surface area contributed by atoms with Crippen molar-refractivity contribution in [3.8, 4) is 5.69 Å². The highest BCUT2D eigenvalue weighted by atomic mass is 35.5. The lowest BCUT2D eigenvalue weighted by Gasteiger charge is -2.33. The molecule has 0 spiro atoms. The third kappa shape index (κ3) is 4.99. The van der Waals surface area contributed by atoms with E-state index < -0.39 is 0 Å². The van der Waals surface area contributed by atoms with E-state index in [0.29, 0.717) is 28.1 Å². The molecule has 0 radical (unpaired) electrons. The molecule has 1 saturated heterocycles. The van der Waals surface area contributed by atoms with Gasteiger partial charge in [0.1, 0.15) is 0 Å². The number of benzene rings is 1. The minimum Gasteiger partial charge on any atom is -0.352 e. The molecule has 1 aromatic heterocycles. The number of amides is 1. The predicted molar refractivity (Wildman–Crippen MR) is 121 cm³/mol. The molecule has 4 rings (SSSR count). The highest BCUT2D eigenvalue weighted by Crippen LogP contribution is 2.43. The smallest absolute Gasteiger partial charge is 0.254 e. The van der Waals surface area contributed by atoms with Crippen molar-refractivity contribution in [1.29, 1.82) is 0 Å². The van der Waals surface area contributed by atoms with Crippen molar-refractivity contribution in [2.45, 2.75) is 32.1 Å². The van der Waals surface area contributed by atoms with Crippen LogP contribution in [0, 0.1) is 0 Å². The number of halogens is 2. The van der Waals surface area contributed by atoms with Crippen molar-refractivity contribution in [3.63, 3.8) is 0 Å². The predicted octanol–water partition coefficient (Wildman–Crippen LogP) is 3.81. The molecule has 1 saturated carbocycles. The monoisotopic (exact) mass is 449 g/mol. The molecule has 1 aliphatic heterocycles. The van der Waals surface area contributed by atoms with E-state index in [1.54, 1.807) is 23.0 Å². The molecule has 1 amide bonds. The van der Waals surface area contributed by atoms with Gasteiger partial charge in [0.05, 0.1) is 28.2 Å². The third-order valence-electron chi connectivity index (χ3n) is 6.00. The summed E-state index contributed by atoms with van der Waals surface area (Å²) in [5, 5.41) is 8.69. The molecular formula is C22H29Cl2N5O. The number of likely N-dealkylation sites (N-methyl/N-ethyl adjacent to an activating group) is 1. The van der Waals surface area contributed by atoms with Crippen LogP contribution in [0.3, 0.4) is 0 Å². The fourth-order valence-electron chi connectivity index (χ4n) is 4.06. The standard InChI is InChI=1S/C22H29Cl2N5O/c1-2-27-10-12-28(13-11-27)9-3-8-25-22(30)18-15-26-29(21(18)16-4-5-16)20-7-6-17(23)14-19(20)24/h6-7,14-16H,2-5,8-13H2,1H3,(H,25,30). The number of hydrogen-bond acceptors (Lipinski definition) is 4. The lowest BCUT2D eigenvalue weighted by atomic mass is 10.1. The zero-order valence-corrected chi connectivity index (χ0v) is 18.9. The Labute approximate surface area is 188 Å². The van der Waals surface area contributed by atoms with E-state index in [4.69, 9.17) is 23.2 Å². The maximum Gasteiger partial charge on any atom is 0.254 e. The van der Waals surface area contributed by atoms with Gasteiger partial charge in [0.2, 0.25) is 0 Å². The van der Waals surface area contributed by atoms with Gasteiger partial charge in [0.15, 0.2) is 0 Å². The van der Waals surface area contributed by atoms with Crippen molar-refractivity contribution in [2.75, 3.05) is 45.8 Å². The Morgan fingerprint density at radius 2 is 1.90 bits per heavy atom. The molecular weight excluding hydrogens is 421 g/mol. The second-order valence-corrected chi connectivity index (χ2v) is 8.95. The van der Waals surface area contributed by atoms with Gasteiger partial charge in [-0.05, 0) is 50.6 Å². The Bertz CT molecular complexity index is 888. The lowest BCUT2D eigenvalue weighted by molar-refractivity contribution is 0.0947. The fraction of sp³-hybridized carbons (Fsp3) is 0.545. The summed E-state index contributed by atoms with van der Waals surface area (Å²) >= 11 is 12.4. The molecule has 6 nitrogen and oxygen atoms in total. The Morgan fingerprint density at radius 3 is 2.57 bits per heavy atom. The summed E-state index contributed by atoms with van der Waals surface area (Å²) in [5.41, 5.74) is 2.36. The fourth-order valence-corrected chi connectivity index (χ4v) is 4.54. The maximum absolute atomic E-state index is 12.9. The van der Waals surface area contributed by atoms with E-state index in [0.717, 1.165) is 69.9 Å². The van der Waals surface area contributed by atoms with Gasteiger partial charge in [-0.2, -0.15) is 5.10 Å². The summed E-state index contributed by atoms with van der Waals surface area (Å²) < 4.78 is 1.80. The molecule has 30 heavy (non-hydrogen) atoms. The highest BCUT2D eigenvalue weighted by molar-refractivity contribution is 6.35. The van der Waals surface area contributed by atoms with Crippen LogP contribution in [-0.4, -0.2) is 71.3 Å². The molecule has 0 bridgehead atoms. The number of nitrogens with zero attached hydrogens (tertiary/aromatic N) is 4.